The molecular formula is C20H25IN4O2. The molecule has 0 spiro atoms. The van der Waals surface area contributed by atoms with Crippen LogP contribution < -0.4 is 15.4 Å². The van der Waals surface area contributed by atoms with Gasteiger partial charge in [-0.05, 0) is 26.0 Å². The second-order valence-electron chi connectivity index (χ2n) is 5.83. The smallest absolute Gasteiger partial charge is 0.218 e. The Hall–Kier alpha value is -2.29. The number of guanidine groups is 1. The summed E-state index contributed by atoms with van der Waals surface area (Å²) in [6.07, 6.45) is 1.73. The van der Waals surface area contributed by atoms with Gasteiger partial charge in [0.1, 0.15) is 11.3 Å². The highest BCUT2D eigenvalue weighted by molar-refractivity contribution is 14.0. The Morgan fingerprint density at radius 2 is 1.93 bits per heavy atom. The second-order valence-corrected chi connectivity index (χ2v) is 5.83. The zero-order chi connectivity index (χ0) is 18.4. The molecular weight excluding hydrogens is 455 g/mol. The molecule has 0 atom stereocenters. The van der Waals surface area contributed by atoms with Crippen LogP contribution in [0.15, 0.2) is 52.0 Å². The average Bonchev–Trinajstić information content (AvgIpc) is 2.99. The molecule has 27 heavy (non-hydrogen) atoms. The molecule has 2 aromatic heterocycles. The predicted octanol–water partition coefficient (Wildman–Crippen LogP) is 4.02. The summed E-state index contributed by atoms with van der Waals surface area (Å²) < 4.78 is 11.5. The van der Waals surface area contributed by atoms with Gasteiger partial charge in [0.05, 0.1) is 13.2 Å². The zero-order valence-electron chi connectivity index (χ0n) is 15.8. The summed E-state index contributed by atoms with van der Waals surface area (Å²) in [7, 11) is 1.74. The van der Waals surface area contributed by atoms with Crippen molar-refractivity contribution in [3.8, 4) is 5.88 Å². The monoisotopic (exact) mass is 480 g/mol. The number of furan rings is 1. The molecule has 0 fully saturated rings. The molecule has 3 aromatic rings. The van der Waals surface area contributed by atoms with Crippen molar-refractivity contribution in [2.45, 2.75) is 26.9 Å². The molecule has 0 unspecified atom stereocenters. The maximum Gasteiger partial charge on any atom is 0.218 e. The van der Waals surface area contributed by atoms with Gasteiger partial charge in [-0.3, -0.25) is 4.99 Å². The van der Waals surface area contributed by atoms with Crippen LogP contribution in [0.1, 0.15) is 23.8 Å². The highest BCUT2D eigenvalue weighted by Gasteiger charge is 2.11. The number of para-hydroxylation sites is 1. The van der Waals surface area contributed by atoms with Gasteiger partial charge in [0.15, 0.2) is 5.96 Å². The zero-order valence-corrected chi connectivity index (χ0v) is 18.1. The highest BCUT2D eigenvalue weighted by Crippen LogP contribution is 2.24. The third-order valence-corrected chi connectivity index (χ3v) is 4.16. The van der Waals surface area contributed by atoms with Crippen molar-refractivity contribution in [2.24, 2.45) is 4.99 Å². The largest absolute Gasteiger partial charge is 0.478 e. The van der Waals surface area contributed by atoms with Gasteiger partial charge in [-0.15, -0.1) is 24.0 Å². The van der Waals surface area contributed by atoms with Crippen LogP contribution in [0.25, 0.3) is 11.0 Å². The number of nitrogens with one attached hydrogen (secondary N) is 2. The van der Waals surface area contributed by atoms with Gasteiger partial charge in [0, 0.05) is 36.3 Å². The average molecular weight is 480 g/mol. The van der Waals surface area contributed by atoms with E-state index in [4.69, 9.17) is 9.15 Å². The minimum Gasteiger partial charge on any atom is -0.478 e. The third-order valence-electron chi connectivity index (χ3n) is 4.16. The van der Waals surface area contributed by atoms with Crippen LogP contribution in [-0.4, -0.2) is 24.6 Å². The number of benzene rings is 1. The summed E-state index contributed by atoms with van der Waals surface area (Å²) in [5.74, 6) is 2.24. The summed E-state index contributed by atoms with van der Waals surface area (Å²) in [4.78, 5) is 8.53. The van der Waals surface area contributed by atoms with Crippen molar-refractivity contribution in [3.05, 3.63) is 59.5 Å². The number of aliphatic imine (C=N–C) groups is 1. The minimum atomic E-state index is 0. The van der Waals surface area contributed by atoms with Crippen LogP contribution in [0.4, 0.5) is 0 Å². The lowest BCUT2D eigenvalue weighted by molar-refractivity contribution is 0.322. The molecule has 0 saturated carbocycles. The van der Waals surface area contributed by atoms with E-state index in [0.717, 1.165) is 27.9 Å². The lowest BCUT2D eigenvalue weighted by Crippen LogP contribution is -2.36. The molecule has 0 aliphatic heterocycles. The summed E-state index contributed by atoms with van der Waals surface area (Å²) >= 11 is 0. The van der Waals surface area contributed by atoms with E-state index in [-0.39, 0.29) is 24.0 Å². The van der Waals surface area contributed by atoms with Gasteiger partial charge in [0.2, 0.25) is 5.88 Å². The normalized spacial score (nSPS) is 11.1. The van der Waals surface area contributed by atoms with Crippen LogP contribution in [0.5, 0.6) is 5.88 Å². The Kier molecular flexibility index (Phi) is 7.90. The highest BCUT2D eigenvalue weighted by atomic mass is 127. The summed E-state index contributed by atoms with van der Waals surface area (Å²) in [5.41, 5.74) is 3.04. The Morgan fingerprint density at radius 1 is 1.15 bits per heavy atom. The first-order valence-electron chi connectivity index (χ1n) is 8.71. The van der Waals surface area contributed by atoms with E-state index in [2.05, 4.69) is 33.6 Å². The van der Waals surface area contributed by atoms with E-state index < -0.39 is 0 Å². The molecule has 0 aliphatic carbocycles. The first-order valence-corrected chi connectivity index (χ1v) is 8.71. The molecule has 144 valence electrons. The van der Waals surface area contributed by atoms with Crippen LogP contribution in [0.2, 0.25) is 0 Å². The van der Waals surface area contributed by atoms with E-state index >= 15 is 0 Å². The second kappa shape index (κ2) is 10.1. The number of aromatic nitrogens is 1. The van der Waals surface area contributed by atoms with Crippen LogP contribution >= 0.6 is 24.0 Å². The van der Waals surface area contributed by atoms with Gasteiger partial charge in [-0.25, -0.2) is 4.98 Å². The lowest BCUT2D eigenvalue weighted by Gasteiger charge is -2.13. The van der Waals surface area contributed by atoms with Crippen LogP contribution in [0, 0.1) is 6.92 Å². The van der Waals surface area contributed by atoms with Crippen molar-refractivity contribution >= 4 is 40.9 Å². The fourth-order valence-electron chi connectivity index (χ4n) is 2.78. The molecule has 0 radical (unpaired) electrons. The number of fused-ring (bicyclic) bond motifs is 1. The molecule has 6 nitrogen and oxygen atoms in total. The van der Waals surface area contributed by atoms with Gasteiger partial charge < -0.3 is 19.8 Å². The summed E-state index contributed by atoms with van der Waals surface area (Å²) in [6.45, 7) is 5.74. The Bertz CT molecular complexity index is 908. The topological polar surface area (TPSA) is 71.7 Å². The number of aryl methyl sites for hydroxylation is 1. The molecule has 0 saturated heterocycles. The van der Waals surface area contributed by atoms with Gasteiger partial charge in [0.25, 0.3) is 0 Å². The van der Waals surface area contributed by atoms with Crippen molar-refractivity contribution in [3.63, 3.8) is 0 Å². The molecule has 0 bridgehead atoms. The molecule has 2 N–H and O–H groups in total. The van der Waals surface area contributed by atoms with E-state index in [1.807, 2.05) is 37.3 Å². The van der Waals surface area contributed by atoms with Crippen molar-refractivity contribution < 1.29 is 9.15 Å². The van der Waals surface area contributed by atoms with Crippen molar-refractivity contribution in [1.82, 2.24) is 15.6 Å². The number of rotatable bonds is 6. The summed E-state index contributed by atoms with van der Waals surface area (Å²) in [6, 6.07) is 11.9. The molecule has 1 aromatic carbocycles. The summed E-state index contributed by atoms with van der Waals surface area (Å²) in [5, 5.41) is 7.72. The Balaban J connectivity index is 0.00000261. The number of hydrogen-bond donors (Lipinski definition) is 2. The standard InChI is InChI=1S/C20H24N4O2.HI/c1-4-25-19-15(8-7-11-22-19)12-23-20(21-3)24-13-18-14(2)16-9-5-6-10-17(16)26-18;/h5-11H,4,12-13H2,1-3H3,(H2,21,23,24);1H. The van der Waals surface area contributed by atoms with Crippen molar-refractivity contribution in [1.29, 1.82) is 0 Å². The number of pyridine rings is 1. The number of nitrogens with zero attached hydrogens (tertiary/aromatic N) is 2. The minimum absolute atomic E-state index is 0. The van der Waals surface area contributed by atoms with Gasteiger partial charge in [-0.2, -0.15) is 0 Å². The maximum absolute atomic E-state index is 5.93. The fourth-order valence-corrected chi connectivity index (χ4v) is 2.78. The number of halogens is 1. The molecule has 0 aliphatic rings. The van der Waals surface area contributed by atoms with Gasteiger partial charge in [-0.1, -0.05) is 24.3 Å². The van der Waals surface area contributed by atoms with Gasteiger partial charge >= 0.3 is 0 Å². The van der Waals surface area contributed by atoms with Crippen LogP contribution in [-0.2, 0) is 13.1 Å². The van der Waals surface area contributed by atoms with E-state index in [9.17, 15) is 0 Å². The molecule has 2 heterocycles. The third kappa shape index (κ3) is 5.12. The first kappa shape index (κ1) is 21.0. The van der Waals surface area contributed by atoms with E-state index in [1.165, 1.54) is 0 Å². The fraction of sp³-hybridized carbons (Fsp3) is 0.300. The molecule has 0 amide bonds. The first-order chi connectivity index (χ1) is 12.7. The quantitative estimate of drug-likeness (QED) is 0.317. The number of ether oxygens (including phenoxy) is 1. The number of hydrogen-bond acceptors (Lipinski definition) is 4. The van der Waals surface area contributed by atoms with Crippen molar-refractivity contribution in [2.75, 3.05) is 13.7 Å². The molecule has 7 heteroatoms. The van der Waals surface area contributed by atoms with Crippen LogP contribution in [0.3, 0.4) is 0 Å². The Labute approximate surface area is 176 Å². The predicted molar refractivity (Wildman–Crippen MR) is 119 cm³/mol. The lowest BCUT2D eigenvalue weighted by atomic mass is 10.1. The molecule has 3 rings (SSSR count). The van der Waals surface area contributed by atoms with E-state index in [1.54, 1.807) is 13.2 Å². The SMILES string of the molecule is CCOc1ncccc1CNC(=NC)NCc1oc2ccccc2c1C.I. The van der Waals surface area contributed by atoms with E-state index in [0.29, 0.717) is 31.5 Å². The maximum atomic E-state index is 5.93. The Morgan fingerprint density at radius 3 is 2.67 bits per heavy atom.